The standard InChI is InChI=1S/C19H20F3N3O2S/c1-11-8-12(2)17(13(3)9-11)25-16(26)10-23-18(28)24-14-4-6-15(7-5-14)27-19(20,21)22/h4-9H,10H2,1-3H3,(H,25,26)(H2,23,24,28). The minimum atomic E-state index is -4.74. The zero-order valence-electron chi connectivity index (χ0n) is 15.5. The third-order valence-electron chi connectivity index (χ3n) is 3.70. The fourth-order valence-electron chi connectivity index (χ4n) is 2.64. The van der Waals surface area contributed by atoms with Gasteiger partial charge >= 0.3 is 6.36 Å². The summed E-state index contributed by atoms with van der Waals surface area (Å²) in [6, 6.07) is 9.05. The Kier molecular flexibility index (Phi) is 6.85. The topological polar surface area (TPSA) is 62.4 Å². The molecule has 150 valence electrons. The fourth-order valence-corrected chi connectivity index (χ4v) is 2.83. The second kappa shape index (κ2) is 8.92. The van der Waals surface area contributed by atoms with Crippen LogP contribution in [0.1, 0.15) is 16.7 Å². The highest BCUT2D eigenvalue weighted by Gasteiger charge is 2.30. The maximum atomic E-state index is 12.2. The van der Waals surface area contributed by atoms with E-state index in [1.165, 1.54) is 12.1 Å². The molecule has 5 nitrogen and oxygen atoms in total. The van der Waals surface area contributed by atoms with E-state index in [2.05, 4.69) is 20.7 Å². The van der Waals surface area contributed by atoms with Crippen molar-refractivity contribution in [1.82, 2.24) is 5.32 Å². The Balaban J connectivity index is 1.84. The average Bonchev–Trinajstić information content (AvgIpc) is 2.57. The molecule has 28 heavy (non-hydrogen) atoms. The molecule has 0 spiro atoms. The summed E-state index contributed by atoms with van der Waals surface area (Å²) in [7, 11) is 0. The number of carbonyl (C=O) groups is 1. The molecule has 0 aromatic heterocycles. The van der Waals surface area contributed by atoms with Gasteiger partial charge < -0.3 is 20.7 Å². The van der Waals surface area contributed by atoms with Gasteiger partial charge in [0, 0.05) is 11.4 Å². The SMILES string of the molecule is Cc1cc(C)c(NC(=O)CNC(=S)Nc2ccc(OC(F)(F)F)cc2)c(C)c1. The first kappa shape index (κ1) is 21.5. The molecule has 2 aromatic carbocycles. The van der Waals surface area contributed by atoms with Crippen LogP contribution in [0.4, 0.5) is 24.5 Å². The molecule has 0 fully saturated rings. The quantitative estimate of drug-likeness (QED) is 0.635. The molecular weight excluding hydrogens is 391 g/mol. The smallest absolute Gasteiger partial charge is 0.406 e. The zero-order valence-corrected chi connectivity index (χ0v) is 16.3. The number of hydrogen-bond donors (Lipinski definition) is 3. The second-order valence-electron chi connectivity index (χ2n) is 6.20. The molecule has 0 saturated heterocycles. The molecule has 9 heteroatoms. The number of halogens is 3. The summed E-state index contributed by atoms with van der Waals surface area (Å²) in [5.41, 5.74) is 4.26. The summed E-state index contributed by atoms with van der Waals surface area (Å²) in [5.74, 6) is -0.603. The highest BCUT2D eigenvalue weighted by atomic mass is 32.1. The molecule has 0 aliphatic heterocycles. The van der Waals surface area contributed by atoms with Gasteiger partial charge in [0.25, 0.3) is 0 Å². The lowest BCUT2D eigenvalue weighted by Gasteiger charge is -2.14. The van der Waals surface area contributed by atoms with Crippen LogP contribution in [0.3, 0.4) is 0 Å². The molecule has 0 unspecified atom stereocenters. The van der Waals surface area contributed by atoms with E-state index in [1.807, 2.05) is 32.9 Å². The summed E-state index contributed by atoms with van der Waals surface area (Å²) >= 11 is 5.09. The van der Waals surface area contributed by atoms with Crippen LogP contribution >= 0.6 is 12.2 Å². The molecule has 0 heterocycles. The highest BCUT2D eigenvalue weighted by molar-refractivity contribution is 7.80. The molecule has 0 aliphatic carbocycles. The van der Waals surface area contributed by atoms with E-state index in [1.54, 1.807) is 0 Å². The first-order valence-corrected chi connectivity index (χ1v) is 8.72. The summed E-state index contributed by atoms with van der Waals surface area (Å²) in [4.78, 5) is 12.2. The van der Waals surface area contributed by atoms with Crippen LogP contribution in [-0.2, 0) is 4.79 Å². The minimum Gasteiger partial charge on any atom is -0.406 e. The monoisotopic (exact) mass is 411 g/mol. The summed E-state index contributed by atoms with van der Waals surface area (Å²) in [5, 5.41) is 8.54. The number of hydrogen-bond acceptors (Lipinski definition) is 3. The van der Waals surface area contributed by atoms with E-state index >= 15 is 0 Å². The van der Waals surface area contributed by atoms with Crippen LogP contribution in [0, 0.1) is 20.8 Å². The van der Waals surface area contributed by atoms with Gasteiger partial charge in [0.05, 0.1) is 6.54 Å². The van der Waals surface area contributed by atoms with Crippen molar-refractivity contribution in [3.05, 3.63) is 53.1 Å². The molecule has 1 amide bonds. The van der Waals surface area contributed by atoms with Crippen LogP contribution in [0.15, 0.2) is 36.4 Å². The molecule has 0 saturated carbocycles. The predicted molar refractivity (Wildman–Crippen MR) is 107 cm³/mol. The number of carbonyl (C=O) groups excluding carboxylic acids is 1. The van der Waals surface area contributed by atoms with Gasteiger partial charge in [-0.2, -0.15) is 0 Å². The normalized spacial score (nSPS) is 10.9. The Morgan fingerprint density at radius 1 is 1.04 bits per heavy atom. The van der Waals surface area contributed by atoms with Crippen molar-refractivity contribution in [2.24, 2.45) is 0 Å². The molecule has 0 atom stereocenters. The maximum absolute atomic E-state index is 12.2. The van der Waals surface area contributed by atoms with E-state index in [4.69, 9.17) is 12.2 Å². The lowest BCUT2D eigenvalue weighted by Crippen LogP contribution is -2.35. The lowest BCUT2D eigenvalue weighted by atomic mass is 10.1. The summed E-state index contributed by atoms with van der Waals surface area (Å²) in [6.07, 6.45) is -4.74. The van der Waals surface area contributed by atoms with Gasteiger partial charge in [-0.1, -0.05) is 17.7 Å². The first-order valence-electron chi connectivity index (χ1n) is 8.32. The number of nitrogens with one attached hydrogen (secondary N) is 3. The van der Waals surface area contributed by atoms with Gasteiger partial charge in [-0.25, -0.2) is 0 Å². The van der Waals surface area contributed by atoms with Crippen LogP contribution in [0.5, 0.6) is 5.75 Å². The number of alkyl halides is 3. The molecule has 2 rings (SSSR count). The molecule has 0 aliphatic rings. The molecule has 0 bridgehead atoms. The fraction of sp³-hybridized carbons (Fsp3) is 0.263. The third kappa shape index (κ3) is 6.73. The number of anilines is 2. The van der Waals surface area contributed by atoms with Crippen molar-refractivity contribution in [1.29, 1.82) is 0 Å². The van der Waals surface area contributed by atoms with Crippen molar-refractivity contribution < 1.29 is 22.7 Å². The third-order valence-corrected chi connectivity index (χ3v) is 3.94. The summed E-state index contributed by atoms with van der Waals surface area (Å²) < 4.78 is 40.2. The number of amides is 1. The van der Waals surface area contributed by atoms with Crippen LogP contribution in [0.25, 0.3) is 0 Å². The summed E-state index contributed by atoms with van der Waals surface area (Å²) in [6.45, 7) is 5.76. The van der Waals surface area contributed by atoms with Crippen molar-refractivity contribution in [3.8, 4) is 5.75 Å². The van der Waals surface area contributed by atoms with Gasteiger partial charge in [0.2, 0.25) is 5.91 Å². The number of ether oxygens (including phenoxy) is 1. The van der Waals surface area contributed by atoms with Gasteiger partial charge in [0.1, 0.15) is 5.75 Å². The molecule has 3 N–H and O–H groups in total. The van der Waals surface area contributed by atoms with Crippen molar-refractivity contribution in [2.75, 3.05) is 17.2 Å². The van der Waals surface area contributed by atoms with Gasteiger partial charge in [-0.3, -0.25) is 4.79 Å². The molecule has 0 radical (unpaired) electrons. The number of rotatable bonds is 5. The van der Waals surface area contributed by atoms with E-state index in [9.17, 15) is 18.0 Å². The Labute approximate surface area is 166 Å². The second-order valence-corrected chi connectivity index (χ2v) is 6.61. The van der Waals surface area contributed by atoms with Gasteiger partial charge in [-0.05, 0) is 68.4 Å². The molecule has 2 aromatic rings. The van der Waals surface area contributed by atoms with Gasteiger partial charge in [0.15, 0.2) is 5.11 Å². The Morgan fingerprint density at radius 2 is 1.61 bits per heavy atom. The van der Waals surface area contributed by atoms with Crippen molar-refractivity contribution >= 4 is 34.6 Å². The van der Waals surface area contributed by atoms with E-state index < -0.39 is 6.36 Å². The Morgan fingerprint density at radius 3 is 2.14 bits per heavy atom. The highest BCUT2D eigenvalue weighted by Crippen LogP contribution is 2.24. The lowest BCUT2D eigenvalue weighted by molar-refractivity contribution is -0.274. The number of thiocarbonyl (C=S) groups is 1. The van der Waals surface area contributed by atoms with Crippen LogP contribution < -0.4 is 20.7 Å². The van der Waals surface area contributed by atoms with Crippen LogP contribution in [0.2, 0.25) is 0 Å². The van der Waals surface area contributed by atoms with E-state index in [-0.39, 0.29) is 23.3 Å². The first-order chi connectivity index (χ1) is 13.0. The number of aryl methyl sites for hydroxylation is 3. The predicted octanol–water partition coefficient (Wildman–Crippen LogP) is 4.44. The number of benzene rings is 2. The van der Waals surface area contributed by atoms with E-state index in [0.29, 0.717) is 5.69 Å². The largest absolute Gasteiger partial charge is 0.573 e. The van der Waals surface area contributed by atoms with E-state index in [0.717, 1.165) is 34.5 Å². The Hall–Kier alpha value is -2.81. The maximum Gasteiger partial charge on any atom is 0.573 e. The van der Waals surface area contributed by atoms with Crippen molar-refractivity contribution in [2.45, 2.75) is 27.1 Å². The Bertz CT molecular complexity index is 845. The zero-order chi connectivity index (χ0) is 20.9. The van der Waals surface area contributed by atoms with Crippen molar-refractivity contribution in [3.63, 3.8) is 0 Å². The van der Waals surface area contributed by atoms with Crippen LogP contribution in [-0.4, -0.2) is 23.9 Å². The van der Waals surface area contributed by atoms with Gasteiger partial charge in [-0.15, -0.1) is 13.2 Å². The molecular formula is C19H20F3N3O2S. The minimum absolute atomic E-state index is 0.0616. The average molecular weight is 411 g/mol.